The Bertz CT molecular complexity index is 945. The first-order chi connectivity index (χ1) is 13.9. The highest BCUT2D eigenvalue weighted by atomic mass is 32.2. The van der Waals surface area contributed by atoms with E-state index >= 15 is 0 Å². The van der Waals surface area contributed by atoms with Crippen molar-refractivity contribution in [3.63, 3.8) is 0 Å². The molecule has 0 saturated carbocycles. The molecule has 154 valence electrons. The van der Waals surface area contributed by atoms with Crippen LogP contribution in [0.15, 0.2) is 40.3 Å². The number of amides is 2. The van der Waals surface area contributed by atoms with Crippen LogP contribution in [0, 0.1) is 0 Å². The maximum atomic E-state index is 12.6. The van der Waals surface area contributed by atoms with Crippen molar-refractivity contribution in [3.05, 3.63) is 46.2 Å². The summed E-state index contributed by atoms with van der Waals surface area (Å²) in [6, 6.07) is 8.32. The third-order valence-electron chi connectivity index (χ3n) is 3.84. The second-order valence-corrected chi connectivity index (χ2v) is 7.05. The lowest BCUT2D eigenvalue weighted by atomic mass is 10.2. The first-order valence-electron chi connectivity index (χ1n) is 8.94. The van der Waals surface area contributed by atoms with Crippen LogP contribution < -0.4 is 16.2 Å². The standard InChI is InChI=1S/C19H22N4O5S/c1-4-12(18(27)28-3)29-19-22-15(20-13(24)5-2)14(17(26)23-19)21-16(25)11-9-7-6-8-10-11/h6-10,12H,4-5H2,1-3H3,(H,21,25)(H2,20,22,23,24,26)/t12-/m0/s1. The Hall–Kier alpha value is -3.14. The van der Waals surface area contributed by atoms with Gasteiger partial charge in [0.05, 0.1) is 7.11 Å². The molecule has 2 amide bonds. The van der Waals surface area contributed by atoms with E-state index in [0.29, 0.717) is 12.0 Å². The molecule has 10 heteroatoms. The molecule has 0 spiro atoms. The molecule has 0 saturated heterocycles. The third-order valence-corrected chi connectivity index (χ3v) is 5.07. The topological polar surface area (TPSA) is 130 Å². The Morgan fingerprint density at radius 2 is 1.86 bits per heavy atom. The SMILES string of the molecule is CCC(=O)Nc1nc(S[C@@H](CC)C(=O)OC)[nH]c(=O)c1NC(=O)c1ccccc1. The van der Waals surface area contributed by atoms with Crippen molar-refractivity contribution in [1.82, 2.24) is 9.97 Å². The summed E-state index contributed by atoms with van der Waals surface area (Å²) in [6.45, 7) is 3.44. The summed E-state index contributed by atoms with van der Waals surface area (Å²) in [6.07, 6.45) is 0.604. The van der Waals surface area contributed by atoms with Crippen LogP contribution in [0.1, 0.15) is 37.0 Å². The quantitative estimate of drug-likeness (QED) is 0.341. The lowest BCUT2D eigenvalue weighted by Crippen LogP contribution is -2.26. The number of carbonyl (C=O) groups excluding carboxylic acids is 3. The number of benzene rings is 1. The molecule has 0 bridgehead atoms. The van der Waals surface area contributed by atoms with E-state index in [9.17, 15) is 19.2 Å². The minimum Gasteiger partial charge on any atom is -0.468 e. The van der Waals surface area contributed by atoms with E-state index in [0.717, 1.165) is 11.8 Å². The fourth-order valence-electron chi connectivity index (χ4n) is 2.27. The molecule has 1 aromatic heterocycles. The number of nitrogens with zero attached hydrogens (tertiary/aromatic N) is 1. The van der Waals surface area contributed by atoms with E-state index in [1.54, 1.807) is 44.2 Å². The van der Waals surface area contributed by atoms with Gasteiger partial charge in [-0.05, 0) is 18.6 Å². The number of nitrogens with one attached hydrogen (secondary N) is 3. The summed E-state index contributed by atoms with van der Waals surface area (Å²) in [5.41, 5.74) is -0.496. The monoisotopic (exact) mass is 418 g/mol. The number of aromatic amines is 1. The van der Waals surface area contributed by atoms with Gasteiger partial charge < -0.3 is 15.4 Å². The summed E-state index contributed by atoms with van der Waals surface area (Å²) >= 11 is 1.00. The van der Waals surface area contributed by atoms with E-state index in [4.69, 9.17) is 4.74 Å². The Morgan fingerprint density at radius 3 is 2.45 bits per heavy atom. The molecule has 0 radical (unpaired) electrons. The highest BCUT2D eigenvalue weighted by molar-refractivity contribution is 8.00. The number of H-pyrrole nitrogens is 1. The van der Waals surface area contributed by atoms with Gasteiger partial charge in [-0.2, -0.15) is 0 Å². The number of aromatic nitrogens is 2. The highest BCUT2D eigenvalue weighted by Crippen LogP contribution is 2.25. The predicted molar refractivity (Wildman–Crippen MR) is 110 cm³/mol. The summed E-state index contributed by atoms with van der Waals surface area (Å²) in [5, 5.41) is 4.55. The molecule has 0 aliphatic rings. The number of hydrogen-bond acceptors (Lipinski definition) is 7. The molecule has 0 aliphatic carbocycles. The number of ether oxygens (including phenoxy) is 1. The third kappa shape index (κ3) is 5.92. The van der Waals surface area contributed by atoms with Crippen molar-refractivity contribution < 1.29 is 19.1 Å². The largest absolute Gasteiger partial charge is 0.468 e. The second kappa shape index (κ2) is 10.4. The van der Waals surface area contributed by atoms with Crippen molar-refractivity contribution in [3.8, 4) is 0 Å². The minimum atomic E-state index is -0.655. The van der Waals surface area contributed by atoms with Crippen LogP contribution >= 0.6 is 11.8 Å². The molecule has 29 heavy (non-hydrogen) atoms. The number of carbonyl (C=O) groups is 3. The minimum absolute atomic E-state index is 0.0906. The molecule has 2 aromatic rings. The van der Waals surface area contributed by atoms with Gasteiger partial charge in [-0.1, -0.05) is 43.8 Å². The first-order valence-corrected chi connectivity index (χ1v) is 9.82. The number of rotatable bonds is 8. The molecule has 1 aromatic carbocycles. The zero-order valence-electron chi connectivity index (χ0n) is 16.3. The summed E-state index contributed by atoms with van der Waals surface area (Å²) in [5.74, 6) is -1.45. The van der Waals surface area contributed by atoms with Gasteiger partial charge in [0, 0.05) is 12.0 Å². The Morgan fingerprint density at radius 1 is 1.17 bits per heavy atom. The number of esters is 1. The average molecular weight is 418 g/mol. The van der Waals surface area contributed by atoms with Crippen LogP contribution in [0.4, 0.5) is 11.5 Å². The Kier molecular flexibility index (Phi) is 7.96. The van der Waals surface area contributed by atoms with Gasteiger partial charge in [0.2, 0.25) is 5.91 Å². The van der Waals surface area contributed by atoms with Crippen molar-refractivity contribution in [2.75, 3.05) is 17.7 Å². The van der Waals surface area contributed by atoms with Gasteiger partial charge in [0.25, 0.3) is 11.5 Å². The zero-order valence-corrected chi connectivity index (χ0v) is 17.1. The van der Waals surface area contributed by atoms with Crippen LogP contribution in [0.2, 0.25) is 0 Å². The molecule has 2 rings (SSSR count). The Balaban J connectivity index is 2.39. The second-order valence-electron chi connectivity index (χ2n) is 5.85. The van der Waals surface area contributed by atoms with Gasteiger partial charge >= 0.3 is 5.97 Å². The molecule has 1 atom stereocenters. The fourth-order valence-corrected chi connectivity index (χ4v) is 3.20. The molecule has 0 unspecified atom stereocenters. The lowest BCUT2D eigenvalue weighted by molar-refractivity contribution is -0.140. The highest BCUT2D eigenvalue weighted by Gasteiger charge is 2.22. The van der Waals surface area contributed by atoms with Crippen LogP contribution in [-0.4, -0.2) is 40.1 Å². The van der Waals surface area contributed by atoms with E-state index in [2.05, 4.69) is 20.6 Å². The number of anilines is 2. The van der Waals surface area contributed by atoms with Gasteiger partial charge in [0.15, 0.2) is 16.7 Å². The van der Waals surface area contributed by atoms with Crippen molar-refractivity contribution in [1.29, 1.82) is 0 Å². The van der Waals surface area contributed by atoms with Crippen molar-refractivity contribution in [2.24, 2.45) is 0 Å². The van der Waals surface area contributed by atoms with Gasteiger partial charge in [-0.3, -0.25) is 24.2 Å². The van der Waals surface area contributed by atoms with Crippen molar-refractivity contribution >= 4 is 41.1 Å². The first kappa shape index (κ1) is 22.2. The smallest absolute Gasteiger partial charge is 0.319 e. The molecule has 1 heterocycles. The normalized spacial score (nSPS) is 11.4. The van der Waals surface area contributed by atoms with Crippen molar-refractivity contribution in [2.45, 2.75) is 37.1 Å². The van der Waals surface area contributed by atoms with Crippen LogP contribution in [0.5, 0.6) is 0 Å². The molecule has 0 aliphatic heterocycles. The van der Waals surface area contributed by atoms with E-state index in [1.807, 2.05) is 0 Å². The maximum Gasteiger partial charge on any atom is 0.319 e. The summed E-state index contributed by atoms with van der Waals surface area (Å²) in [4.78, 5) is 55.5. The summed E-state index contributed by atoms with van der Waals surface area (Å²) in [7, 11) is 1.27. The van der Waals surface area contributed by atoms with Crippen LogP contribution in [0.25, 0.3) is 0 Å². The molecular formula is C19H22N4O5S. The Labute approximate surface area is 171 Å². The van der Waals surface area contributed by atoms with Crippen LogP contribution in [0.3, 0.4) is 0 Å². The number of methoxy groups -OCH3 is 1. The van der Waals surface area contributed by atoms with Gasteiger partial charge in [-0.15, -0.1) is 0 Å². The lowest BCUT2D eigenvalue weighted by Gasteiger charge is -2.14. The maximum absolute atomic E-state index is 12.6. The van der Waals surface area contributed by atoms with Gasteiger partial charge in [-0.25, -0.2) is 4.98 Å². The average Bonchev–Trinajstić information content (AvgIpc) is 2.74. The molecule has 3 N–H and O–H groups in total. The fraction of sp³-hybridized carbons (Fsp3) is 0.316. The molecule has 9 nitrogen and oxygen atoms in total. The van der Waals surface area contributed by atoms with E-state index in [1.165, 1.54) is 7.11 Å². The van der Waals surface area contributed by atoms with E-state index in [-0.39, 0.29) is 29.0 Å². The van der Waals surface area contributed by atoms with E-state index < -0.39 is 22.7 Å². The molecule has 0 fully saturated rings. The molecular weight excluding hydrogens is 396 g/mol. The number of hydrogen-bond donors (Lipinski definition) is 3. The predicted octanol–water partition coefficient (Wildman–Crippen LogP) is 2.41. The number of thioether (sulfide) groups is 1. The summed E-state index contributed by atoms with van der Waals surface area (Å²) < 4.78 is 4.74. The van der Waals surface area contributed by atoms with Crippen LogP contribution in [-0.2, 0) is 14.3 Å². The van der Waals surface area contributed by atoms with Gasteiger partial charge in [0.1, 0.15) is 5.25 Å². The zero-order chi connectivity index (χ0) is 21.4.